The minimum Gasteiger partial charge on any atom is -0.504 e. The number of piperidine rings is 1. The van der Waals surface area contributed by atoms with Gasteiger partial charge in [0.2, 0.25) is 0 Å². The number of para-hydroxylation sites is 2. The molecule has 2 N–H and O–H groups in total. The Hall–Kier alpha value is -2.14. The van der Waals surface area contributed by atoms with Crippen LogP contribution in [0.5, 0.6) is 17.2 Å². The van der Waals surface area contributed by atoms with E-state index >= 15 is 0 Å². The second-order valence-corrected chi connectivity index (χ2v) is 5.32. The van der Waals surface area contributed by atoms with E-state index in [1.807, 2.05) is 0 Å². The number of benzene rings is 1. The lowest BCUT2D eigenvalue weighted by Crippen LogP contribution is -2.31. The first-order valence-corrected chi connectivity index (χ1v) is 7.29. The highest BCUT2D eigenvalue weighted by molar-refractivity contribution is 5.40. The predicted octanol–water partition coefficient (Wildman–Crippen LogP) is 2.52. The first-order chi connectivity index (χ1) is 10.3. The third-order valence-electron chi connectivity index (χ3n) is 3.64. The minimum atomic E-state index is 0.106. The van der Waals surface area contributed by atoms with Gasteiger partial charge in [-0.3, -0.25) is 0 Å². The van der Waals surface area contributed by atoms with E-state index < -0.39 is 0 Å². The van der Waals surface area contributed by atoms with Crippen molar-refractivity contribution in [2.75, 3.05) is 13.1 Å². The average Bonchev–Trinajstić information content (AvgIpc) is 2.52. The number of ether oxygens (including phenoxy) is 1. The van der Waals surface area contributed by atoms with Gasteiger partial charge in [0.15, 0.2) is 17.2 Å². The van der Waals surface area contributed by atoms with E-state index in [0.29, 0.717) is 17.4 Å². The van der Waals surface area contributed by atoms with E-state index in [-0.39, 0.29) is 5.75 Å². The van der Waals surface area contributed by atoms with Gasteiger partial charge < -0.3 is 15.2 Å². The first kappa shape index (κ1) is 13.8. The van der Waals surface area contributed by atoms with Crippen molar-refractivity contribution in [3.05, 3.63) is 42.5 Å². The minimum absolute atomic E-state index is 0.106. The fourth-order valence-electron chi connectivity index (χ4n) is 2.53. The van der Waals surface area contributed by atoms with Gasteiger partial charge in [-0.25, -0.2) is 9.97 Å². The van der Waals surface area contributed by atoms with Crippen molar-refractivity contribution in [1.82, 2.24) is 15.3 Å². The Balaban J connectivity index is 1.62. The van der Waals surface area contributed by atoms with Crippen molar-refractivity contribution in [2.24, 2.45) is 5.92 Å². The fraction of sp³-hybridized carbons (Fsp3) is 0.375. The smallest absolute Gasteiger partial charge is 0.169 e. The second kappa shape index (κ2) is 6.54. The Kier molecular flexibility index (Phi) is 4.31. The van der Waals surface area contributed by atoms with Crippen molar-refractivity contribution in [3.8, 4) is 17.2 Å². The monoisotopic (exact) mass is 285 g/mol. The summed E-state index contributed by atoms with van der Waals surface area (Å²) in [6.07, 6.45) is 6.66. The van der Waals surface area contributed by atoms with E-state index in [2.05, 4.69) is 15.3 Å². The molecular weight excluding hydrogens is 266 g/mol. The summed E-state index contributed by atoms with van der Waals surface area (Å²) >= 11 is 0. The van der Waals surface area contributed by atoms with Crippen LogP contribution < -0.4 is 10.1 Å². The van der Waals surface area contributed by atoms with E-state index in [0.717, 1.165) is 25.3 Å². The maximum Gasteiger partial charge on any atom is 0.169 e. The summed E-state index contributed by atoms with van der Waals surface area (Å²) in [7, 11) is 0. The molecule has 5 nitrogen and oxygen atoms in total. The summed E-state index contributed by atoms with van der Waals surface area (Å²) in [5.74, 6) is 2.50. The lowest BCUT2D eigenvalue weighted by atomic mass is 9.96. The third-order valence-corrected chi connectivity index (χ3v) is 3.64. The van der Waals surface area contributed by atoms with Crippen LogP contribution in [0.25, 0.3) is 0 Å². The number of rotatable bonds is 4. The third kappa shape index (κ3) is 3.70. The van der Waals surface area contributed by atoms with Crippen molar-refractivity contribution >= 4 is 0 Å². The van der Waals surface area contributed by atoms with Gasteiger partial charge in [0.1, 0.15) is 5.82 Å². The van der Waals surface area contributed by atoms with Gasteiger partial charge in [0, 0.05) is 6.42 Å². The van der Waals surface area contributed by atoms with Crippen molar-refractivity contribution in [1.29, 1.82) is 0 Å². The molecule has 1 fully saturated rings. The maximum absolute atomic E-state index is 9.67. The Labute approximate surface area is 124 Å². The zero-order valence-electron chi connectivity index (χ0n) is 11.8. The summed E-state index contributed by atoms with van der Waals surface area (Å²) in [5, 5.41) is 13.1. The molecule has 1 saturated heterocycles. The highest BCUT2D eigenvalue weighted by atomic mass is 16.5. The highest BCUT2D eigenvalue weighted by Gasteiger charge is 2.15. The number of aromatic nitrogens is 2. The predicted molar refractivity (Wildman–Crippen MR) is 79.5 cm³/mol. The van der Waals surface area contributed by atoms with Crippen molar-refractivity contribution in [2.45, 2.75) is 19.3 Å². The molecule has 0 radical (unpaired) electrons. The van der Waals surface area contributed by atoms with E-state index in [1.165, 1.54) is 12.8 Å². The molecule has 5 heteroatoms. The number of nitrogens with one attached hydrogen (secondary N) is 1. The number of aromatic hydroxyl groups is 1. The van der Waals surface area contributed by atoms with Gasteiger partial charge in [0.25, 0.3) is 0 Å². The Morgan fingerprint density at radius 2 is 2.05 bits per heavy atom. The highest BCUT2D eigenvalue weighted by Crippen LogP contribution is 2.29. The van der Waals surface area contributed by atoms with Crippen molar-refractivity contribution in [3.63, 3.8) is 0 Å². The molecular formula is C16H19N3O2. The molecule has 1 aromatic heterocycles. The molecule has 1 aliphatic rings. The molecule has 1 atom stereocenters. The Morgan fingerprint density at radius 1 is 1.24 bits per heavy atom. The second-order valence-electron chi connectivity index (χ2n) is 5.32. The number of phenolic OH excluding ortho intramolecular Hbond substituents is 1. The van der Waals surface area contributed by atoms with Gasteiger partial charge >= 0.3 is 0 Å². The largest absolute Gasteiger partial charge is 0.504 e. The van der Waals surface area contributed by atoms with Gasteiger partial charge in [-0.2, -0.15) is 0 Å². The molecule has 0 saturated carbocycles. The van der Waals surface area contributed by atoms with Crippen LogP contribution in [-0.4, -0.2) is 28.2 Å². The van der Waals surface area contributed by atoms with Crippen LogP contribution in [0.4, 0.5) is 0 Å². The number of hydrogen-bond donors (Lipinski definition) is 2. The summed E-state index contributed by atoms with van der Waals surface area (Å²) in [4.78, 5) is 8.71. The van der Waals surface area contributed by atoms with E-state index in [1.54, 1.807) is 36.7 Å². The van der Waals surface area contributed by atoms with E-state index in [9.17, 15) is 5.11 Å². The molecule has 1 aromatic carbocycles. The van der Waals surface area contributed by atoms with Gasteiger partial charge in [-0.15, -0.1) is 0 Å². The number of nitrogens with zero attached hydrogens (tertiary/aromatic N) is 2. The number of phenols is 1. The van der Waals surface area contributed by atoms with Crippen LogP contribution in [0.3, 0.4) is 0 Å². The molecule has 2 heterocycles. The van der Waals surface area contributed by atoms with Crippen LogP contribution >= 0.6 is 0 Å². The Morgan fingerprint density at radius 3 is 2.76 bits per heavy atom. The molecule has 2 aromatic rings. The van der Waals surface area contributed by atoms with Crippen LogP contribution in [0.1, 0.15) is 18.7 Å². The summed E-state index contributed by atoms with van der Waals surface area (Å²) < 4.78 is 5.57. The zero-order chi connectivity index (χ0) is 14.5. The molecule has 1 unspecified atom stereocenters. The standard InChI is InChI=1S/C16H19N3O2/c20-14-5-1-2-6-15(14)21-13-10-18-16(19-11-13)8-12-4-3-7-17-9-12/h1-2,5-6,10-12,17,20H,3-4,7-9H2. The fourth-order valence-corrected chi connectivity index (χ4v) is 2.53. The lowest BCUT2D eigenvalue weighted by Gasteiger charge is -2.21. The van der Waals surface area contributed by atoms with E-state index in [4.69, 9.17) is 4.74 Å². The lowest BCUT2D eigenvalue weighted by molar-refractivity contribution is 0.369. The van der Waals surface area contributed by atoms with Crippen LogP contribution in [-0.2, 0) is 6.42 Å². The summed E-state index contributed by atoms with van der Waals surface area (Å²) in [6.45, 7) is 2.16. The van der Waals surface area contributed by atoms with Crippen molar-refractivity contribution < 1.29 is 9.84 Å². The van der Waals surface area contributed by atoms with Gasteiger partial charge in [-0.1, -0.05) is 12.1 Å². The molecule has 21 heavy (non-hydrogen) atoms. The van der Waals surface area contributed by atoms with Crippen LogP contribution in [0.2, 0.25) is 0 Å². The molecule has 110 valence electrons. The van der Waals surface area contributed by atoms with Crippen LogP contribution in [0, 0.1) is 5.92 Å². The quantitative estimate of drug-likeness (QED) is 0.903. The summed E-state index contributed by atoms with van der Waals surface area (Å²) in [6, 6.07) is 6.85. The topological polar surface area (TPSA) is 67.3 Å². The molecule has 3 rings (SSSR count). The molecule has 0 amide bonds. The maximum atomic E-state index is 9.67. The molecule has 0 aliphatic carbocycles. The first-order valence-electron chi connectivity index (χ1n) is 7.29. The molecule has 1 aliphatic heterocycles. The number of hydrogen-bond acceptors (Lipinski definition) is 5. The Bertz CT molecular complexity index is 580. The van der Waals surface area contributed by atoms with Gasteiger partial charge in [-0.05, 0) is 44.0 Å². The van der Waals surface area contributed by atoms with Gasteiger partial charge in [0.05, 0.1) is 12.4 Å². The molecule has 0 spiro atoms. The van der Waals surface area contributed by atoms with Crippen LogP contribution in [0.15, 0.2) is 36.7 Å². The zero-order valence-corrected chi connectivity index (χ0v) is 11.8. The normalized spacial score (nSPS) is 18.4. The SMILES string of the molecule is Oc1ccccc1Oc1cnc(CC2CCCNC2)nc1. The average molecular weight is 285 g/mol. The molecule has 0 bridgehead atoms. The summed E-state index contributed by atoms with van der Waals surface area (Å²) in [5.41, 5.74) is 0.